The lowest BCUT2D eigenvalue weighted by Crippen LogP contribution is -2.07. The number of Topliss-reactive ketones (excluding diaryl/α,β-unsaturated/α-hetero) is 1. The maximum atomic E-state index is 12.8. The number of rotatable bonds is 8. The molecule has 0 aliphatic heterocycles. The summed E-state index contributed by atoms with van der Waals surface area (Å²) >= 11 is 1.24. The highest BCUT2D eigenvalue weighted by Crippen LogP contribution is 2.30. The lowest BCUT2D eigenvalue weighted by molar-refractivity contribution is 0.101. The average molecular weight is 444 g/mol. The molecular weight excluding hydrogens is 422 g/mol. The molecule has 0 atom stereocenters. The molecule has 0 amide bonds. The van der Waals surface area contributed by atoms with Gasteiger partial charge in [-0.2, -0.15) is 0 Å². The molecule has 3 aromatic carbocycles. The highest BCUT2D eigenvalue weighted by molar-refractivity contribution is 7.99. The number of ketones is 1. The molecule has 4 aromatic rings. The Morgan fingerprint density at radius 3 is 2.09 bits per heavy atom. The van der Waals surface area contributed by atoms with Gasteiger partial charge in [-0.3, -0.25) is 4.79 Å². The van der Waals surface area contributed by atoms with E-state index in [4.69, 9.17) is 14.5 Å². The Morgan fingerprint density at radius 2 is 1.47 bits per heavy atom. The van der Waals surface area contributed by atoms with Crippen LogP contribution in [0.4, 0.5) is 0 Å². The third-order valence-electron chi connectivity index (χ3n) is 4.80. The van der Waals surface area contributed by atoms with Gasteiger partial charge in [0, 0.05) is 17.2 Å². The highest BCUT2D eigenvalue weighted by Gasteiger charge is 2.17. The first-order valence-corrected chi connectivity index (χ1v) is 10.9. The Kier molecular flexibility index (Phi) is 6.77. The zero-order valence-electron chi connectivity index (χ0n) is 17.7. The van der Waals surface area contributed by atoms with Crippen molar-refractivity contribution in [2.24, 2.45) is 0 Å². The minimum atomic E-state index is -0.0912. The summed E-state index contributed by atoms with van der Waals surface area (Å²) in [4.78, 5) is 17.6. The van der Waals surface area contributed by atoms with Gasteiger partial charge in [0.05, 0.1) is 25.5 Å². The van der Waals surface area contributed by atoms with Crippen LogP contribution in [-0.4, -0.2) is 40.9 Å². The van der Waals surface area contributed by atoms with E-state index in [1.807, 2.05) is 60.7 Å². The topological polar surface area (TPSA) is 74.2 Å². The van der Waals surface area contributed by atoms with Crippen LogP contribution in [0.15, 0.2) is 84.0 Å². The molecule has 32 heavy (non-hydrogen) atoms. The number of carbonyl (C=O) groups excluding carboxylic acids is 1. The molecule has 0 aliphatic rings. The summed E-state index contributed by atoms with van der Waals surface area (Å²) in [5, 5.41) is 9.16. The van der Waals surface area contributed by atoms with E-state index in [-0.39, 0.29) is 11.5 Å². The van der Waals surface area contributed by atoms with Gasteiger partial charge in [-0.25, -0.2) is 4.98 Å². The molecule has 7 heteroatoms. The minimum Gasteiger partial charge on any atom is -0.497 e. The number of benzene rings is 3. The zero-order chi connectivity index (χ0) is 22.3. The second kappa shape index (κ2) is 10.1. The fourth-order valence-corrected chi connectivity index (χ4v) is 3.87. The molecule has 1 aromatic heterocycles. The van der Waals surface area contributed by atoms with Crippen molar-refractivity contribution in [1.82, 2.24) is 15.2 Å². The summed E-state index contributed by atoms with van der Waals surface area (Å²) < 4.78 is 10.5. The lowest BCUT2D eigenvalue weighted by atomic mass is 10.0. The number of hydrogen-bond donors (Lipinski definition) is 0. The fourth-order valence-electron chi connectivity index (χ4n) is 3.20. The first-order chi connectivity index (χ1) is 15.7. The van der Waals surface area contributed by atoms with Crippen LogP contribution in [0, 0.1) is 0 Å². The maximum Gasteiger partial charge on any atom is 0.210 e. The van der Waals surface area contributed by atoms with Gasteiger partial charge in [-0.05, 0) is 12.1 Å². The van der Waals surface area contributed by atoms with Crippen LogP contribution >= 0.6 is 11.8 Å². The summed E-state index contributed by atoms with van der Waals surface area (Å²) in [6.07, 6.45) is 0. The second-order valence-corrected chi connectivity index (χ2v) is 7.74. The molecule has 0 saturated heterocycles. The number of thioether (sulfide) groups is 1. The molecule has 0 unspecified atom stereocenters. The van der Waals surface area contributed by atoms with E-state index in [9.17, 15) is 4.79 Å². The molecule has 0 fully saturated rings. The number of nitrogens with zero attached hydrogens (tertiary/aromatic N) is 3. The smallest absolute Gasteiger partial charge is 0.210 e. The normalized spacial score (nSPS) is 10.6. The monoisotopic (exact) mass is 443 g/mol. The van der Waals surface area contributed by atoms with Crippen LogP contribution in [0.3, 0.4) is 0 Å². The first-order valence-electron chi connectivity index (χ1n) is 9.93. The number of ether oxygens (including phenoxy) is 2. The Balaban J connectivity index is 1.61. The Hall–Kier alpha value is -3.71. The summed E-state index contributed by atoms with van der Waals surface area (Å²) in [6, 6.07) is 24.8. The molecule has 0 aliphatic carbocycles. The van der Waals surface area contributed by atoms with E-state index in [0.717, 1.165) is 16.8 Å². The van der Waals surface area contributed by atoms with E-state index in [1.165, 1.54) is 18.9 Å². The van der Waals surface area contributed by atoms with Crippen molar-refractivity contribution in [3.8, 4) is 34.0 Å². The number of aromatic nitrogens is 3. The Bertz CT molecular complexity index is 1220. The van der Waals surface area contributed by atoms with Crippen LogP contribution in [-0.2, 0) is 0 Å². The first kappa shape index (κ1) is 21.5. The molecule has 0 bridgehead atoms. The van der Waals surface area contributed by atoms with Gasteiger partial charge in [0.15, 0.2) is 5.78 Å². The number of hydrogen-bond acceptors (Lipinski definition) is 7. The highest BCUT2D eigenvalue weighted by atomic mass is 32.2. The summed E-state index contributed by atoms with van der Waals surface area (Å²) in [6.45, 7) is 0. The maximum absolute atomic E-state index is 12.8. The minimum absolute atomic E-state index is 0.0912. The molecule has 0 N–H and O–H groups in total. The van der Waals surface area contributed by atoms with Crippen LogP contribution in [0.1, 0.15) is 10.4 Å². The van der Waals surface area contributed by atoms with Gasteiger partial charge in [0.2, 0.25) is 5.16 Å². The lowest BCUT2D eigenvalue weighted by Gasteiger charge is -2.10. The van der Waals surface area contributed by atoms with Gasteiger partial charge in [-0.15, -0.1) is 10.2 Å². The largest absolute Gasteiger partial charge is 0.497 e. The van der Waals surface area contributed by atoms with Gasteiger partial charge >= 0.3 is 0 Å². The molecule has 6 nitrogen and oxygen atoms in total. The van der Waals surface area contributed by atoms with Crippen LogP contribution in [0.25, 0.3) is 22.5 Å². The van der Waals surface area contributed by atoms with Crippen molar-refractivity contribution < 1.29 is 14.3 Å². The van der Waals surface area contributed by atoms with E-state index in [2.05, 4.69) is 10.2 Å². The average Bonchev–Trinajstić information content (AvgIpc) is 2.87. The molecule has 1 heterocycles. The van der Waals surface area contributed by atoms with E-state index >= 15 is 0 Å². The Morgan fingerprint density at radius 1 is 0.812 bits per heavy atom. The summed E-state index contributed by atoms with van der Waals surface area (Å²) in [7, 11) is 3.10. The predicted octanol–water partition coefficient (Wildman–Crippen LogP) is 5.20. The zero-order valence-corrected chi connectivity index (χ0v) is 18.5. The van der Waals surface area contributed by atoms with Crippen molar-refractivity contribution in [1.29, 1.82) is 0 Å². The van der Waals surface area contributed by atoms with Crippen molar-refractivity contribution in [3.05, 3.63) is 84.4 Å². The standard InChI is InChI=1S/C25H21N3O3S/c1-30-19-13-14-20(22(15-19)31-2)21(29)16-32-25-26-23(17-9-5-3-6-10-17)24(27-28-25)18-11-7-4-8-12-18/h3-15H,16H2,1-2H3. The van der Waals surface area contributed by atoms with Crippen LogP contribution in [0.5, 0.6) is 11.5 Å². The summed E-state index contributed by atoms with van der Waals surface area (Å²) in [5.74, 6) is 1.16. The Labute approximate surface area is 190 Å². The second-order valence-electron chi connectivity index (χ2n) is 6.80. The molecule has 0 radical (unpaired) electrons. The van der Waals surface area contributed by atoms with Gasteiger partial charge in [-0.1, -0.05) is 72.4 Å². The van der Waals surface area contributed by atoms with Gasteiger partial charge in [0.1, 0.15) is 22.9 Å². The van der Waals surface area contributed by atoms with E-state index in [1.54, 1.807) is 25.3 Å². The van der Waals surface area contributed by atoms with Crippen LogP contribution < -0.4 is 9.47 Å². The van der Waals surface area contributed by atoms with E-state index in [0.29, 0.717) is 27.9 Å². The number of carbonyl (C=O) groups is 1. The predicted molar refractivity (Wildman–Crippen MR) is 125 cm³/mol. The third kappa shape index (κ3) is 4.78. The molecular formula is C25H21N3O3S. The van der Waals surface area contributed by atoms with Gasteiger partial charge < -0.3 is 9.47 Å². The number of methoxy groups -OCH3 is 2. The van der Waals surface area contributed by atoms with Gasteiger partial charge in [0.25, 0.3) is 0 Å². The van der Waals surface area contributed by atoms with Crippen LogP contribution in [0.2, 0.25) is 0 Å². The molecule has 160 valence electrons. The summed E-state index contributed by atoms with van der Waals surface area (Å²) in [5.41, 5.74) is 3.78. The van der Waals surface area contributed by atoms with Crippen molar-refractivity contribution >= 4 is 17.5 Å². The fraction of sp³-hybridized carbons (Fsp3) is 0.120. The van der Waals surface area contributed by atoms with Crippen molar-refractivity contribution in [2.75, 3.05) is 20.0 Å². The molecule has 4 rings (SSSR count). The molecule has 0 spiro atoms. The molecule has 0 saturated carbocycles. The van der Waals surface area contributed by atoms with Crippen molar-refractivity contribution in [3.63, 3.8) is 0 Å². The van der Waals surface area contributed by atoms with Crippen molar-refractivity contribution in [2.45, 2.75) is 5.16 Å². The third-order valence-corrected chi connectivity index (χ3v) is 5.64. The quantitative estimate of drug-likeness (QED) is 0.274. The van der Waals surface area contributed by atoms with E-state index < -0.39 is 0 Å². The SMILES string of the molecule is COc1ccc(C(=O)CSc2nnc(-c3ccccc3)c(-c3ccccc3)n2)c(OC)c1.